The van der Waals surface area contributed by atoms with Crippen molar-refractivity contribution in [2.75, 3.05) is 24.3 Å². The summed E-state index contributed by atoms with van der Waals surface area (Å²) in [4.78, 5) is 12.1. The summed E-state index contributed by atoms with van der Waals surface area (Å²) in [5.74, 6) is -2.76. The maximum Gasteiger partial charge on any atom is 0.397 e. The van der Waals surface area contributed by atoms with Crippen LogP contribution in [0.25, 0.3) is 0 Å². The van der Waals surface area contributed by atoms with Gasteiger partial charge in [-0.05, 0) is 30.7 Å². The Bertz CT molecular complexity index is 1160. The summed E-state index contributed by atoms with van der Waals surface area (Å²) in [5.41, 5.74) is -2.87. The van der Waals surface area contributed by atoms with Crippen LogP contribution in [0, 0.1) is 22.6 Å². The van der Waals surface area contributed by atoms with Gasteiger partial charge in [0, 0.05) is 25.5 Å². The molecule has 12 heteroatoms. The van der Waals surface area contributed by atoms with Gasteiger partial charge in [-0.3, -0.25) is 4.79 Å². The molecule has 0 saturated carbocycles. The molecule has 0 bridgehead atoms. The zero-order valence-corrected chi connectivity index (χ0v) is 17.0. The molecule has 1 fully saturated rings. The minimum absolute atomic E-state index is 0.0904. The van der Waals surface area contributed by atoms with E-state index in [4.69, 9.17) is 10.00 Å². The number of benzene rings is 1. The van der Waals surface area contributed by atoms with Crippen molar-refractivity contribution >= 4 is 21.4 Å². The average molecular weight is 459 g/mol. The molecule has 1 aliphatic heterocycles. The van der Waals surface area contributed by atoms with Gasteiger partial charge in [0.2, 0.25) is 0 Å². The first-order valence-corrected chi connectivity index (χ1v) is 10.6. The summed E-state index contributed by atoms with van der Waals surface area (Å²) in [6.45, 7) is -0.943. The van der Waals surface area contributed by atoms with Gasteiger partial charge in [0.25, 0.3) is 5.91 Å². The number of hydrogen-bond acceptors (Lipinski definition) is 5. The van der Waals surface area contributed by atoms with Crippen molar-refractivity contribution < 1.29 is 35.5 Å². The number of alkyl halides is 3. The molecule has 7 nitrogen and oxygen atoms in total. The van der Waals surface area contributed by atoms with Crippen LogP contribution in [0.2, 0.25) is 0 Å². The van der Waals surface area contributed by atoms with E-state index in [1.54, 1.807) is 6.07 Å². The molecular weight excluding hydrogens is 442 g/mol. The van der Waals surface area contributed by atoms with Gasteiger partial charge < -0.3 is 14.6 Å². The molecule has 1 N–H and O–H groups in total. The molecule has 1 aromatic heterocycles. The number of aromatic nitrogens is 1. The standard InChI is InChI=1S/C19H17F4N3O4S/c1-26-9-14(31(28,29)11-18(19(21,22)23)4-5-30-10-18)7-16(26)17(27)25-13-2-3-15(20)12(6-13)8-24/h2-3,6-7,9H,4-5,10-11H2,1H3,(H,25,27). The highest BCUT2D eigenvalue weighted by atomic mass is 32.2. The number of carbonyl (C=O) groups excluding carboxylic acids is 1. The number of halogens is 4. The van der Waals surface area contributed by atoms with Crippen LogP contribution < -0.4 is 5.32 Å². The number of ether oxygens (including phenoxy) is 1. The Morgan fingerprint density at radius 2 is 2.06 bits per heavy atom. The third-order valence-electron chi connectivity index (χ3n) is 5.09. The third-order valence-corrected chi connectivity index (χ3v) is 6.96. The molecule has 1 atom stereocenters. The first kappa shape index (κ1) is 22.8. The zero-order valence-electron chi connectivity index (χ0n) is 16.2. The molecule has 1 saturated heterocycles. The molecule has 1 unspecified atom stereocenters. The lowest BCUT2D eigenvalue weighted by molar-refractivity contribution is -0.214. The average Bonchev–Trinajstić information content (AvgIpc) is 3.30. The van der Waals surface area contributed by atoms with Crippen LogP contribution in [0.4, 0.5) is 23.2 Å². The summed E-state index contributed by atoms with van der Waals surface area (Å²) in [6, 6.07) is 5.88. The Morgan fingerprint density at radius 1 is 1.35 bits per heavy atom. The molecule has 0 spiro atoms. The van der Waals surface area contributed by atoms with E-state index < -0.39 is 56.8 Å². The first-order chi connectivity index (χ1) is 14.4. The highest BCUT2D eigenvalue weighted by Gasteiger charge is 2.59. The Kier molecular flexibility index (Phi) is 5.86. The fraction of sp³-hybridized carbons (Fsp3) is 0.368. The lowest BCUT2D eigenvalue weighted by Crippen LogP contribution is -2.44. The van der Waals surface area contributed by atoms with Gasteiger partial charge in [-0.1, -0.05) is 0 Å². The molecule has 0 radical (unpaired) electrons. The molecule has 2 aromatic rings. The number of carbonyl (C=O) groups is 1. The number of sulfone groups is 1. The van der Waals surface area contributed by atoms with Crippen LogP contribution >= 0.6 is 0 Å². The SMILES string of the molecule is Cn1cc(S(=O)(=O)CC2(C(F)(F)F)CCOC2)cc1C(=O)Nc1ccc(F)c(C#N)c1. The minimum Gasteiger partial charge on any atom is -0.380 e. The van der Waals surface area contributed by atoms with Gasteiger partial charge in [-0.25, -0.2) is 12.8 Å². The number of nitrogens with zero attached hydrogens (tertiary/aromatic N) is 2. The summed E-state index contributed by atoms with van der Waals surface area (Å²) in [6.07, 6.45) is -4.19. The second-order valence-corrected chi connectivity index (χ2v) is 9.26. The fourth-order valence-corrected chi connectivity index (χ4v) is 5.18. The van der Waals surface area contributed by atoms with Gasteiger partial charge in [0.15, 0.2) is 9.84 Å². The lowest BCUT2D eigenvalue weighted by Gasteiger charge is -2.29. The monoisotopic (exact) mass is 459 g/mol. The molecule has 1 aliphatic rings. The van der Waals surface area contributed by atoms with Gasteiger partial charge in [0.1, 0.15) is 23.0 Å². The van der Waals surface area contributed by atoms with Crippen molar-refractivity contribution in [2.24, 2.45) is 12.5 Å². The predicted molar refractivity (Wildman–Crippen MR) is 100 cm³/mol. The Labute approximate surface area is 175 Å². The van der Waals surface area contributed by atoms with Crippen molar-refractivity contribution in [2.45, 2.75) is 17.5 Å². The molecular formula is C19H17F4N3O4S. The van der Waals surface area contributed by atoms with E-state index in [0.717, 1.165) is 29.0 Å². The fourth-order valence-electron chi connectivity index (χ4n) is 3.29. The number of amides is 1. The molecule has 31 heavy (non-hydrogen) atoms. The highest BCUT2D eigenvalue weighted by molar-refractivity contribution is 7.91. The molecule has 0 aliphatic carbocycles. The number of nitrogens with one attached hydrogen (secondary N) is 1. The summed E-state index contributed by atoms with van der Waals surface area (Å²) < 4.78 is 85.5. The van der Waals surface area contributed by atoms with E-state index >= 15 is 0 Å². The van der Waals surface area contributed by atoms with Gasteiger partial charge in [-0.15, -0.1) is 0 Å². The van der Waals surface area contributed by atoms with E-state index in [1.165, 1.54) is 13.1 Å². The second kappa shape index (κ2) is 7.97. The summed E-state index contributed by atoms with van der Waals surface area (Å²) in [7, 11) is -3.04. The molecule has 1 aromatic carbocycles. The van der Waals surface area contributed by atoms with Crippen LogP contribution in [0.3, 0.4) is 0 Å². The van der Waals surface area contributed by atoms with Crippen molar-refractivity contribution in [1.29, 1.82) is 5.26 Å². The van der Waals surface area contributed by atoms with Crippen LogP contribution in [-0.4, -0.2) is 44.0 Å². The number of hydrogen-bond donors (Lipinski definition) is 1. The highest BCUT2D eigenvalue weighted by Crippen LogP contribution is 2.46. The molecule has 1 amide bonds. The first-order valence-electron chi connectivity index (χ1n) is 8.93. The van der Waals surface area contributed by atoms with Gasteiger partial charge >= 0.3 is 6.18 Å². The van der Waals surface area contributed by atoms with Crippen LogP contribution in [-0.2, 0) is 21.6 Å². The Morgan fingerprint density at radius 3 is 2.65 bits per heavy atom. The van der Waals surface area contributed by atoms with E-state index in [0.29, 0.717) is 0 Å². The maximum absolute atomic E-state index is 13.5. The van der Waals surface area contributed by atoms with Gasteiger partial charge in [0.05, 0.1) is 22.8 Å². The molecule has 2 heterocycles. The van der Waals surface area contributed by atoms with Crippen molar-refractivity contribution in [3.63, 3.8) is 0 Å². The molecule has 166 valence electrons. The van der Waals surface area contributed by atoms with Crippen LogP contribution in [0.1, 0.15) is 22.5 Å². The van der Waals surface area contributed by atoms with Crippen molar-refractivity contribution in [3.05, 3.63) is 47.5 Å². The van der Waals surface area contributed by atoms with E-state index in [2.05, 4.69) is 5.32 Å². The number of anilines is 1. The van der Waals surface area contributed by atoms with Crippen molar-refractivity contribution in [1.82, 2.24) is 4.57 Å². The lowest BCUT2D eigenvalue weighted by atomic mass is 9.89. The van der Waals surface area contributed by atoms with Gasteiger partial charge in [-0.2, -0.15) is 18.4 Å². The van der Waals surface area contributed by atoms with Crippen LogP contribution in [0.15, 0.2) is 35.4 Å². The third kappa shape index (κ3) is 4.42. The Balaban J connectivity index is 1.86. The topological polar surface area (TPSA) is 101 Å². The van der Waals surface area contributed by atoms with E-state index in [-0.39, 0.29) is 23.6 Å². The molecule has 3 rings (SSSR count). The number of rotatable bonds is 5. The van der Waals surface area contributed by atoms with Crippen LogP contribution in [0.5, 0.6) is 0 Å². The maximum atomic E-state index is 13.5. The number of nitriles is 1. The summed E-state index contributed by atoms with van der Waals surface area (Å²) >= 11 is 0. The van der Waals surface area contributed by atoms with E-state index in [1.807, 2.05) is 0 Å². The summed E-state index contributed by atoms with van der Waals surface area (Å²) in [5, 5.41) is 11.3. The quantitative estimate of drug-likeness (QED) is 0.693. The zero-order chi connectivity index (χ0) is 23.0. The number of aryl methyl sites for hydroxylation is 1. The second-order valence-electron chi connectivity index (χ2n) is 7.27. The smallest absolute Gasteiger partial charge is 0.380 e. The largest absolute Gasteiger partial charge is 0.397 e. The predicted octanol–water partition coefficient (Wildman–Crippen LogP) is 3.03. The normalized spacial score (nSPS) is 19.2. The Hall–Kier alpha value is -2.91. The van der Waals surface area contributed by atoms with E-state index in [9.17, 15) is 30.8 Å². The van der Waals surface area contributed by atoms with Crippen molar-refractivity contribution in [3.8, 4) is 6.07 Å². The minimum atomic E-state index is -4.77.